The molecule has 0 amide bonds. The van der Waals surface area contributed by atoms with Crippen molar-refractivity contribution in [2.75, 3.05) is 20.3 Å². The molecular formula is C32H36O9. The molecule has 0 aromatic heterocycles. The van der Waals surface area contributed by atoms with Gasteiger partial charge in [-0.05, 0) is 61.7 Å². The van der Waals surface area contributed by atoms with Gasteiger partial charge in [0.1, 0.15) is 29.6 Å². The second-order valence-electron chi connectivity index (χ2n) is 9.40. The zero-order chi connectivity index (χ0) is 29.8. The fourth-order valence-electron chi connectivity index (χ4n) is 4.41. The first-order valence-electron chi connectivity index (χ1n) is 13.5. The smallest absolute Gasteiger partial charge is 0.335 e. The minimum Gasteiger partial charge on any atom is -0.496 e. The van der Waals surface area contributed by atoms with Crippen LogP contribution in [0.3, 0.4) is 0 Å². The number of methoxy groups -OCH3 is 1. The molecule has 3 rings (SSSR count). The van der Waals surface area contributed by atoms with Crippen molar-refractivity contribution in [1.29, 1.82) is 0 Å². The molecule has 9 nitrogen and oxygen atoms in total. The van der Waals surface area contributed by atoms with Crippen molar-refractivity contribution in [1.82, 2.24) is 0 Å². The third-order valence-corrected chi connectivity index (χ3v) is 6.35. The fourth-order valence-corrected chi connectivity index (χ4v) is 4.41. The molecule has 0 radical (unpaired) electrons. The number of ether oxygens (including phenoxy) is 4. The molecule has 0 aliphatic heterocycles. The van der Waals surface area contributed by atoms with Gasteiger partial charge in [-0.1, -0.05) is 31.5 Å². The lowest BCUT2D eigenvalue weighted by Gasteiger charge is -2.18. The fraction of sp³-hybridized carbons (Fsp3) is 0.344. The van der Waals surface area contributed by atoms with Crippen molar-refractivity contribution in [3.8, 4) is 23.0 Å². The molecule has 0 saturated carbocycles. The van der Waals surface area contributed by atoms with Crippen LogP contribution >= 0.6 is 0 Å². The summed E-state index contributed by atoms with van der Waals surface area (Å²) in [7, 11) is 1.55. The minimum atomic E-state index is -1.03. The van der Waals surface area contributed by atoms with Crippen molar-refractivity contribution in [3.05, 3.63) is 82.4 Å². The second kappa shape index (κ2) is 15.3. The lowest BCUT2D eigenvalue weighted by Crippen LogP contribution is -2.10. The van der Waals surface area contributed by atoms with Gasteiger partial charge in [-0.2, -0.15) is 0 Å². The Morgan fingerprint density at radius 1 is 0.805 bits per heavy atom. The lowest BCUT2D eigenvalue weighted by molar-refractivity contribution is -0.136. The molecule has 0 atom stereocenters. The topological polar surface area (TPSA) is 129 Å². The number of benzene rings is 3. The molecule has 0 heterocycles. The van der Waals surface area contributed by atoms with Crippen molar-refractivity contribution in [3.63, 3.8) is 0 Å². The Hall–Kier alpha value is -4.53. The molecule has 0 spiro atoms. The highest BCUT2D eigenvalue weighted by Crippen LogP contribution is 2.34. The number of Topliss-reactive ketones (excluding diaryl/α,β-unsaturated/α-hetero) is 1. The van der Waals surface area contributed by atoms with Crippen LogP contribution in [0.4, 0.5) is 0 Å². The zero-order valence-electron chi connectivity index (χ0n) is 23.6. The quantitative estimate of drug-likeness (QED) is 0.150. The Labute approximate surface area is 239 Å². The van der Waals surface area contributed by atoms with Gasteiger partial charge in [-0.3, -0.25) is 9.59 Å². The number of carbonyl (C=O) groups is 3. The van der Waals surface area contributed by atoms with Crippen LogP contribution in [0, 0.1) is 0 Å². The number of carbonyl (C=O) groups excluding carboxylic acids is 1. The van der Waals surface area contributed by atoms with Crippen LogP contribution in [-0.4, -0.2) is 48.3 Å². The Bertz CT molecular complexity index is 1360. The first-order chi connectivity index (χ1) is 19.7. The summed E-state index contributed by atoms with van der Waals surface area (Å²) in [5.41, 5.74) is 2.84. The van der Waals surface area contributed by atoms with Gasteiger partial charge in [-0.25, -0.2) is 4.79 Å². The van der Waals surface area contributed by atoms with Gasteiger partial charge in [0.25, 0.3) is 0 Å². The monoisotopic (exact) mass is 564 g/mol. The maximum Gasteiger partial charge on any atom is 0.335 e. The highest BCUT2D eigenvalue weighted by Gasteiger charge is 2.18. The summed E-state index contributed by atoms with van der Waals surface area (Å²) >= 11 is 0. The van der Waals surface area contributed by atoms with E-state index >= 15 is 0 Å². The van der Waals surface area contributed by atoms with E-state index in [4.69, 9.17) is 18.9 Å². The van der Waals surface area contributed by atoms with E-state index in [2.05, 4.69) is 0 Å². The molecule has 41 heavy (non-hydrogen) atoms. The van der Waals surface area contributed by atoms with E-state index < -0.39 is 11.9 Å². The summed E-state index contributed by atoms with van der Waals surface area (Å²) in [5, 5.41) is 18.5. The zero-order valence-corrected chi connectivity index (χ0v) is 23.6. The number of carboxylic acid groups (broad SMARTS) is 2. The number of aliphatic carboxylic acids is 1. The summed E-state index contributed by atoms with van der Waals surface area (Å²) < 4.78 is 23.6. The van der Waals surface area contributed by atoms with Crippen molar-refractivity contribution < 1.29 is 43.5 Å². The minimum absolute atomic E-state index is 0.0714. The third kappa shape index (κ3) is 8.73. The van der Waals surface area contributed by atoms with Gasteiger partial charge >= 0.3 is 11.9 Å². The first kappa shape index (κ1) is 31.0. The van der Waals surface area contributed by atoms with Gasteiger partial charge in [0.2, 0.25) is 0 Å². The summed E-state index contributed by atoms with van der Waals surface area (Å²) in [4.78, 5) is 34.6. The van der Waals surface area contributed by atoms with E-state index in [1.165, 1.54) is 19.1 Å². The molecule has 0 fully saturated rings. The van der Waals surface area contributed by atoms with Gasteiger partial charge in [-0.15, -0.1) is 0 Å². The second-order valence-corrected chi connectivity index (χ2v) is 9.40. The van der Waals surface area contributed by atoms with E-state index in [-0.39, 0.29) is 30.8 Å². The van der Waals surface area contributed by atoms with Crippen LogP contribution in [0.25, 0.3) is 0 Å². The standard InChI is InChI=1S/C32H36O9/c1-4-8-26-29(15-13-24(21(2)33)31(26)38-3)40-18-7-17-39-27-11-6-12-28(25(27)14-16-30(34)35)41-20-22-9-5-10-23(19-22)32(36)37/h5-6,9-13,15,19H,4,7-8,14,16-18,20H2,1-3H3,(H,34,35)(H,36,37). The number of hydrogen-bond donors (Lipinski definition) is 2. The molecule has 0 unspecified atom stereocenters. The predicted octanol–water partition coefficient (Wildman–Crippen LogP) is 5.99. The third-order valence-electron chi connectivity index (χ3n) is 6.35. The highest BCUT2D eigenvalue weighted by molar-refractivity contribution is 5.97. The Morgan fingerprint density at radius 3 is 2.07 bits per heavy atom. The predicted molar refractivity (Wildman–Crippen MR) is 153 cm³/mol. The summed E-state index contributed by atoms with van der Waals surface area (Å²) in [6.07, 6.45) is 2.21. The molecular weight excluding hydrogens is 528 g/mol. The van der Waals surface area contributed by atoms with Crippen LogP contribution in [0.5, 0.6) is 23.0 Å². The molecule has 0 aliphatic rings. The average molecular weight is 565 g/mol. The van der Waals surface area contributed by atoms with Crippen LogP contribution in [0.15, 0.2) is 54.6 Å². The maximum absolute atomic E-state index is 12.0. The van der Waals surface area contributed by atoms with Crippen LogP contribution < -0.4 is 18.9 Å². The summed E-state index contributed by atoms with van der Waals surface area (Å²) in [6.45, 7) is 4.35. The largest absolute Gasteiger partial charge is 0.496 e. The van der Waals surface area contributed by atoms with Gasteiger partial charge in [0.15, 0.2) is 5.78 Å². The number of ketones is 1. The Kier molecular flexibility index (Phi) is 11.6. The summed E-state index contributed by atoms with van der Waals surface area (Å²) in [6, 6.07) is 15.2. The van der Waals surface area contributed by atoms with Gasteiger partial charge in [0, 0.05) is 24.0 Å². The average Bonchev–Trinajstić information content (AvgIpc) is 2.95. The first-order valence-corrected chi connectivity index (χ1v) is 13.5. The van der Waals surface area contributed by atoms with Gasteiger partial charge < -0.3 is 29.2 Å². The van der Waals surface area contributed by atoms with Crippen LogP contribution in [0.1, 0.15) is 70.5 Å². The molecule has 218 valence electrons. The summed E-state index contributed by atoms with van der Waals surface area (Å²) in [5.74, 6) is 0.160. The van der Waals surface area contributed by atoms with Crippen LogP contribution in [0.2, 0.25) is 0 Å². The normalized spacial score (nSPS) is 10.6. The number of aromatic carboxylic acids is 1. The van der Waals surface area contributed by atoms with Crippen LogP contribution in [-0.2, 0) is 24.2 Å². The van der Waals surface area contributed by atoms with E-state index in [0.717, 1.165) is 12.0 Å². The lowest BCUT2D eigenvalue weighted by atomic mass is 10.0. The van der Waals surface area contributed by atoms with E-state index in [0.29, 0.717) is 65.7 Å². The van der Waals surface area contributed by atoms with Crippen molar-refractivity contribution >= 4 is 17.7 Å². The van der Waals surface area contributed by atoms with E-state index in [9.17, 15) is 24.6 Å². The highest BCUT2D eigenvalue weighted by atomic mass is 16.5. The molecule has 3 aromatic carbocycles. The Morgan fingerprint density at radius 2 is 1.46 bits per heavy atom. The molecule has 9 heteroatoms. The maximum atomic E-state index is 12.0. The van der Waals surface area contributed by atoms with Crippen molar-refractivity contribution in [2.24, 2.45) is 0 Å². The molecule has 0 aliphatic carbocycles. The van der Waals surface area contributed by atoms with Crippen molar-refractivity contribution in [2.45, 2.75) is 52.6 Å². The molecule has 3 aromatic rings. The molecule has 0 bridgehead atoms. The van der Waals surface area contributed by atoms with E-state index in [1.807, 2.05) is 6.92 Å². The van der Waals surface area contributed by atoms with Gasteiger partial charge in [0.05, 0.1) is 31.5 Å². The SMILES string of the molecule is CCCc1c(OCCCOc2cccc(OCc3cccc(C(=O)O)c3)c2CCC(=O)O)ccc(C(C)=O)c1OC. The Balaban J connectivity index is 1.67. The van der Waals surface area contributed by atoms with E-state index in [1.54, 1.807) is 49.6 Å². The molecule has 0 saturated heterocycles. The number of rotatable bonds is 17. The molecule has 2 N–H and O–H groups in total. The number of hydrogen-bond acceptors (Lipinski definition) is 7. The number of carboxylic acids is 2.